The van der Waals surface area contributed by atoms with E-state index in [-0.39, 0.29) is 17.0 Å². The Morgan fingerprint density at radius 3 is 2.55 bits per heavy atom. The zero-order chi connectivity index (χ0) is 24.0. The maximum Gasteiger partial charge on any atom is 0.270 e. The summed E-state index contributed by atoms with van der Waals surface area (Å²) in [6, 6.07) is 2.12. The van der Waals surface area contributed by atoms with E-state index < -0.39 is 0 Å². The van der Waals surface area contributed by atoms with Crippen molar-refractivity contribution in [2.45, 2.75) is 58.9 Å². The van der Waals surface area contributed by atoms with Crippen LogP contribution in [0.4, 0.5) is 5.82 Å². The van der Waals surface area contributed by atoms with Gasteiger partial charge in [0.05, 0.1) is 4.91 Å². The molecule has 0 unspecified atom stereocenters. The first kappa shape index (κ1) is 25.5. The number of piperidine rings is 1. The number of hydrogen-bond donors (Lipinski definition) is 0. The van der Waals surface area contributed by atoms with Crippen molar-refractivity contribution in [2.75, 3.05) is 38.3 Å². The minimum atomic E-state index is -0.242. The molecule has 7 nitrogen and oxygen atoms in total. The van der Waals surface area contributed by atoms with Crippen molar-refractivity contribution in [3.8, 4) is 6.07 Å². The molecule has 0 N–H and O–H groups in total. The predicted octanol–water partition coefficient (Wildman–Crippen LogP) is 4.06. The Bertz CT molecular complexity index is 1040. The molecule has 178 valence electrons. The first-order valence-electron chi connectivity index (χ1n) is 11.6. The van der Waals surface area contributed by atoms with E-state index in [0.29, 0.717) is 40.9 Å². The monoisotopic (exact) mass is 488 g/mol. The molecule has 9 heteroatoms. The van der Waals surface area contributed by atoms with Gasteiger partial charge in [-0.05, 0) is 50.7 Å². The number of methoxy groups -OCH3 is 1. The number of nitrogens with zero attached hydrogens (tertiary/aromatic N) is 4. The zero-order valence-electron chi connectivity index (χ0n) is 19.7. The Kier molecular flexibility index (Phi) is 9.12. The van der Waals surface area contributed by atoms with Crippen molar-refractivity contribution in [1.29, 1.82) is 5.26 Å². The molecule has 1 amide bonds. The Labute approximate surface area is 205 Å². The summed E-state index contributed by atoms with van der Waals surface area (Å²) >= 11 is 6.75. The van der Waals surface area contributed by atoms with Gasteiger partial charge in [0.1, 0.15) is 21.8 Å². The summed E-state index contributed by atoms with van der Waals surface area (Å²) in [7, 11) is 1.63. The lowest BCUT2D eigenvalue weighted by molar-refractivity contribution is -0.122. The molecular formula is C24H32N4O3S2. The lowest BCUT2D eigenvalue weighted by Gasteiger charge is -2.33. The van der Waals surface area contributed by atoms with E-state index in [0.717, 1.165) is 50.2 Å². The fourth-order valence-electron chi connectivity index (χ4n) is 4.31. The Morgan fingerprint density at radius 1 is 1.18 bits per heavy atom. The Balaban J connectivity index is 2.13. The van der Waals surface area contributed by atoms with Gasteiger partial charge in [0.2, 0.25) is 0 Å². The van der Waals surface area contributed by atoms with Gasteiger partial charge in [-0.1, -0.05) is 37.3 Å². The van der Waals surface area contributed by atoms with Crippen molar-refractivity contribution < 1.29 is 9.53 Å². The SMILES string of the molecule is CCCCn1c(N2CCCCC2)c(/C=C2/SC(=S)N(CCCOC)C2=O)c(C)c(C#N)c1=O. The second kappa shape index (κ2) is 11.8. The van der Waals surface area contributed by atoms with Crippen LogP contribution in [0.15, 0.2) is 9.70 Å². The molecule has 3 rings (SSSR count). The van der Waals surface area contributed by atoms with Gasteiger partial charge in [-0.2, -0.15) is 5.26 Å². The van der Waals surface area contributed by atoms with Crippen LogP contribution < -0.4 is 10.5 Å². The number of amides is 1. The molecule has 0 saturated carbocycles. The zero-order valence-corrected chi connectivity index (χ0v) is 21.3. The van der Waals surface area contributed by atoms with E-state index in [9.17, 15) is 14.9 Å². The lowest BCUT2D eigenvalue weighted by Crippen LogP contribution is -2.37. The molecule has 2 aliphatic heterocycles. The fourth-order valence-corrected chi connectivity index (χ4v) is 5.60. The van der Waals surface area contributed by atoms with Gasteiger partial charge in [-0.25, -0.2) is 0 Å². The fraction of sp³-hybridized carbons (Fsp3) is 0.583. The van der Waals surface area contributed by atoms with Gasteiger partial charge in [0.15, 0.2) is 0 Å². The van der Waals surface area contributed by atoms with E-state index >= 15 is 0 Å². The maximum absolute atomic E-state index is 13.3. The lowest BCUT2D eigenvalue weighted by atomic mass is 10.0. The number of thioether (sulfide) groups is 1. The molecule has 33 heavy (non-hydrogen) atoms. The molecule has 0 radical (unpaired) electrons. The van der Waals surface area contributed by atoms with Crippen LogP contribution in [-0.4, -0.2) is 53.0 Å². The molecule has 1 aromatic heterocycles. The average Bonchev–Trinajstić information content (AvgIpc) is 3.08. The molecule has 0 atom stereocenters. The number of rotatable bonds is 9. The summed E-state index contributed by atoms with van der Waals surface area (Å²) < 4.78 is 7.39. The number of pyridine rings is 1. The van der Waals surface area contributed by atoms with Crippen LogP contribution in [0.25, 0.3) is 6.08 Å². The highest BCUT2D eigenvalue weighted by Crippen LogP contribution is 2.36. The smallest absolute Gasteiger partial charge is 0.270 e. The Hall–Kier alpha value is -2.15. The molecular weight excluding hydrogens is 456 g/mol. The molecule has 3 heterocycles. The minimum absolute atomic E-state index is 0.130. The summed E-state index contributed by atoms with van der Waals surface area (Å²) in [5.74, 6) is 0.698. The normalized spacial score (nSPS) is 17.8. The predicted molar refractivity (Wildman–Crippen MR) is 137 cm³/mol. The topological polar surface area (TPSA) is 78.6 Å². The second-order valence-electron chi connectivity index (χ2n) is 8.39. The molecule has 2 aliphatic rings. The molecule has 0 spiro atoms. The third kappa shape index (κ3) is 5.51. The standard InChI is InChI=1S/C24H32N4O3S2/c1-4-5-12-27-21(26-10-7-6-8-11-26)18(17(2)19(16-25)22(27)29)15-20-23(30)28(24(32)33-20)13-9-14-31-3/h15H,4-14H2,1-3H3/b20-15+. The molecule has 2 saturated heterocycles. The highest BCUT2D eigenvalue weighted by atomic mass is 32.2. The number of anilines is 1. The third-order valence-corrected chi connectivity index (χ3v) is 7.49. The van der Waals surface area contributed by atoms with Crippen molar-refractivity contribution in [3.63, 3.8) is 0 Å². The first-order valence-corrected chi connectivity index (χ1v) is 12.8. The number of thiocarbonyl (C=S) groups is 1. The molecule has 0 bridgehead atoms. The minimum Gasteiger partial charge on any atom is -0.385 e. The van der Waals surface area contributed by atoms with Gasteiger partial charge in [0.25, 0.3) is 11.5 Å². The van der Waals surface area contributed by atoms with Gasteiger partial charge >= 0.3 is 0 Å². The summed E-state index contributed by atoms with van der Waals surface area (Å²) in [5, 5.41) is 9.78. The van der Waals surface area contributed by atoms with Gasteiger partial charge in [0, 0.05) is 45.5 Å². The number of carbonyl (C=O) groups excluding carboxylic acids is 1. The van der Waals surface area contributed by atoms with E-state index in [1.807, 2.05) is 13.0 Å². The van der Waals surface area contributed by atoms with Crippen LogP contribution in [0.2, 0.25) is 0 Å². The quantitative estimate of drug-likeness (QED) is 0.295. The molecule has 2 fully saturated rings. The third-order valence-electron chi connectivity index (χ3n) is 6.12. The Morgan fingerprint density at radius 2 is 1.91 bits per heavy atom. The van der Waals surface area contributed by atoms with Crippen LogP contribution >= 0.6 is 24.0 Å². The summed E-state index contributed by atoms with van der Waals surface area (Å²) in [6.07, 6.45) is 7.61. The van der Waals surface area contributed by atoms with Crippen molar-refractivity contribution in [3.05, 3.63) is 31.9 Å². The van der Waals surface area contributed by atoms with Gasteiger partial charge < -0.3 is 9.64 Å². The summed E-state index contributed by atoms with van der Waals surface area (Å²) in [4.78, 5) is 30.8. The van der Waals surface area contributed by atoms with Crippen LogP contribution in [0.1, 0.15) is 62.1 Å². The molecule has 1 aromatic rings. The average molecular weight is 489 g/mol. The van der Waals surface area contributed by atoms with Crippen LogP contribution in [-0.2, 0) is 16.1 Å². The van der Waals surface area contributed by atoms with Crippen molar-refractivity contribution >= 4 is 46.1 Å². The number of aromatic nitrogens is 1. The van der Waals surface area contributed by atoms with Crippen LogP contribution in [0.5, 0.6) is 0 Å². The summed E-state index contributed by atoms with van der Waals surface area (Å²) in [5.41, 5.74) is 1.31. The van der Waals surface area contributed by atoms with Crippen LogP contribution in [0, 0.1) is 18.3 Å². The number of nitriles is 1. The first-order chi connectivity index (χ1) is 15.9. The van der Waals surface area contributed by atoms with Crippen LogP contribution in [0.3, 0.4) is 0 Å². The van der Waals surface area contributed by atoms with Crippen molar-refractivity contribution in [2.24, 2.45) is 0 Å². The largest absolute Gasteiger partial charge is 0.385 e. The molecule has 0 aliphatic carbocycles. The van der Waals surface area contributed by atoms with E-state index in [4.69, 9.17) is 17.0 Å². The van der Waals surface area contributed by atoms with E-state index in [2.05, 4.69) is 17.9 Å². The number of hydrogen-bond acceptors (Lipinski definition) is 7. The highest BCUT2D eigenvalue weighted by molar-refractivity contribution is 8.26. The highest BCUT2D eigenvalue weighted by Gasteiger charge is 2.33. The van der Waals surface area contributed by atoms with Gasteiger partial charge in [-0.3, -0.25) is 19.1 Å². The molecule has 0 aromatic carbocycles. The number of ether oxygens (including phenoxy) is 1. The van der Waals surface area contributed by atoms with E-state index in [1.165, 1.54) is 18.2 Å². The second-order valence-corrected chi connectivity index (χ2v) is 10.1. The van der Waals surface area contributed by atoms with Gasteiger partial charge in [-0.15, -0.1) is 0 Å². The van der Waals surface area contributed by atoms with Crippen molar-refractivity contribution in [1.82, 2.24) is 9.47 Å². The number of unbranched alkanes of at least 4 members (excludes halogenated alkanes) is 1. The van der Waals surface area contributed by atoms with E-state index in [1.54, 1.807) is 16.6 Å². The summed E-state index contributed by atoms with van der Waals surface area (Å²) in [6.45, 7) is 7.22. The maximum atomic E-state index is 13.3. The number of carbonyl (C=O) groups is 1.